The fourth-order valence-corrected chi connectivity index (χ4v) is 4.26. The first-order chi connectivity index (χ1) is 13.0. The lowest BCUT2D eigenvalue weighted by Gasteiger charge is -2.32. The van der Waals surface area contributed by atoms with Crippen molar-refractivity contribution in [3.63, 3.8) is 0 Å². The number of nitrogens with one attached hydrogen (secondary N) is 1. The van der Waals surface area contributed by atoms with Crippen LogP contribution in [0.1, 0.15) is 53.0 Å². The third kappa shape index (κ3) is 4.44. The molecule has 5 heteroatoms. The zero-order valence-electron chi connectivity index (χ0n) is 17.2. The highest BCUT2D eigenvalue weighted by molar-refractivity contribution is 5.96. The van der Waals surface area contributed by atoms with Crippen molar-refractivity contribution in [2.24, 2.45) is 5.92 Å². The fourth-order valence-electron chi connectivity index (χ4n) is 4.26. The number of hydrogen-bond acceptors (Lipinski definition) is 2. The summed E-state index contributed by atoms with van der Waals surface area (Å²) in [5.41, 5.74) is 5.36. The largest absolute Gasteiger partial charge is 0.338 e. The summed E-state index contributed by atoms with van der Waals surface area (Å²) in [5.74, 6) is 1.10. The lowest BCUT2D eigenvalue weighted by Crippen LogP contribution is -2.45. The normalized spacial score (nSPS) is 17.5. The number of aryl methyl sites for hydroxylation is 2. The van der Waals surface area contributed by atoms with Crippen LogP contribution in [0.2, 0.25) is 0 Å². The van der Waals surface area contributed by atoms with Gasteiger partial charge in [0.2, 0.25) is 0 Å². The molecule has 2 aliphatic rings. The number of halogens is 1. The summed E-state index contributed by atoms with van der Waals surface area (Å²) in [7, 11) is 0. The fraction of sp³-hybridized carbons (Fsp3) is 0.522. The first kappa shape index (κ1) is 20.9. The van der Waals surface area contributed by atoms with Gasteiger partial charge in [0.05, 0.1) is 5.56 Å². The number of hydrogen-bond donors (Lipinski definition) is 1. The highest BCUT2D eigenvalue weighted by Crippen LogP contribution is 2.28. The van der Waals surface area contributed by atoms with Gasteiger partial charge in [-0.1, -0.05) is 12.1 Å². The minimum atomic E-state index is 0. The van der Waals surface area contributed by atoms with Crippen LogP contribution in [0.4, 0.5) is 0 Å². The molecule has 152 valence electrons. The minimum Gasteiger partial charge on any atom is -0.338 e. The lowest BCUT2D eigenvalue weighted by atomic mass is 10.0. The molecule has 0 bridgehead atoms. The van der Waals surface area contributed by atoms with E-state index in [1.165, 1.54) is 18.4 Å². The van der Waals surface area contributed by atoms with E-state index in [4.69, 9.17) is 0 Å². The SMILES string of the molecule is Cc1cccc(-n2c(C)cc(C(=O)N3CCC(NCC4CC4)CC3)c2C)c1.Cl. The Kier molecular flexibility index (Phi) is 6.51. The molecule has 1 aromatic heterocycles. The summed E-state index contributed by atoms with van der Waals surface area (Å²) in [6.07, 6.45) is 4.91. The van der Waals surface area contributed by atoms with E-state index in [1.807, 2.05) is 4.90 Å². The van der Waals surface area contributed by atoms with Crippen LogP contribution in [0, 0.1) is 26.7 Å². The molecule has 2 fully saturated rings. The monoisotopic (exact) mass is 401 g/mol. The number of benzene rings is 1. The smallest absolute Gasteiger partial charge is 0.255 e. The number of piperidine rings is 1. The summed E-state index contributed by atoms with van der Waals surface area (Å²) in [6, 6.07) is 11.1. The summed E-state index contributed by atoms with van der Waals surface area (Å²) in [4.78, 5) is 15.2. The zero-order chi connectivity index (χ0) is 19.0. The molecule has 0 radical (unpaired) electrons. The maximum Gasteiger partial charge on any atom is 0.255 e. The predicted molar refractivity (Wildman–Crippen MR) is 117 cm³/mol. The van der Waals surface area contributed by atoms with Gasteiger partial charge in [-0.15, -0.1) is 12.4 Å². The topological polar surface area (TPSA) is 37.3 Å². The quantitative estimate of drug-likeness (QED) is 0.804. The molecule has 1 aromatic carbocycles. The molecule has 1 aliphatic heterocycles. The van der Waals surface area contributed by atoms with Crippen molar-refractivity contribution in [1.82, 2.24) is 14.8 Å². The van der Waals surface area contributed by atoms with Gasteiger partial charge in [-0.3, -0.25) is 4.79 Å². The summed E-state index contributed by atoms with van der Waals surface area (Å²) in [6.45, 7) is 9.12. The Balaban J connectivity index is 0.00000225. The number of carbonyl (C=O) groups is 1. The molecule has 1 aliphatic carbocycles. The molecule has 1 saturated heterocycles. The average molecular weight is 402 g/mol. The number of aromatic nitrogens is 1. The van der Waals surface area contributed by atoms with Gasteiger partial charge in [0, 0.05) is 36.2 Å². The third-order valence-electron chi connectivity index (χ3n) is 6.10. The second kappa shape index (κ2) is 8.71. The van der Waals surface area contributed by atoms with Crippen molar-refractivity contribution in [2.75, 3.05) is 19.6 Å². The molecule has 4 rings (SSSR count). The molecule has 1 amide bonds. The third-order valence-corrected chi connectivity index (χ3v) is 6.10. The van der Waals surface area contributed by atoms with Crippen molar-refractivity contribution >= 4 is 18.3 Å². The van der Waals surface area contributed by atoms with Crippen molar-refractivity contribution in [3.8, 4) is 5.69 Å². The Labute approximate surface area is 174 Å². The zero-order valence-corrected chi connectivity index (χ0v) is 18.0. The van der Waals surface area contributed by atoms with Crippen molar-refractivity contribution in [1.29, 1.82) is 0 Å². The van der Waals surface area contributed by atoms with E-state index in [1.54, 1.807) is 0 Å². The van der Waals surface area contributed by atoms with E-state index in [0.717, 1.165) is 61.0 Å². The first-order valence-corrected chi connectivity index (χ1v) is 10.3. The Hall–Kier alpha value is -1.78. The Morgan fingerprint density at radius 1 is 1.07 bits per heavy atom. The summed E-state index contributed by atoms with van der Waals surface area (Å²) < 4.78 is 2.20. The molecule has 2 aromatic rings. The first-order valence-electron chi connectivity index (χ1n) is 10.3. The van der Waals surface area contributed by atoms with Crippen molar-refractivity contribution in [2.45, 2.75) is 52.5 Å². The molecular weight excluding hydrogens is 370 g/mol. The number of nitrogens with zero attached hydrogens (tertiary/aromatic N) is 2. The van der Waals surface area contributed by atoms with Gasteiger partial charge in [-0.25, -0.2) is 0 Å². The molecule has 1 N–H and O–H groups in total. The number of amides is 1. The van der Waals surface area contributed by atoms with Gasteiger partial charge < -0.3 is 14.8 Å². The number of likely N-dealkylation sites (tertiary alicyclic amines) is 1. The maximum atomic E-state index is 13.2. The van der Waals surface area contributed by atoms with Gasteiger partial charge in [0.1, 0.15) is 0 Å². The van der Waals surface area contributed by atoms with Gasteiger partial charge in [0.25, 0.3) is 5.91 Å². The van der Waals surface area contributed by atoms with Gasteiger partial charge in [-0.2, -0.15) is 0 Å². The standard InChI is InChI=1S/C23H31N3O.ClH/c1-16-5-4-6-21(13-16)26-17(2)14-22(18(26)3)23(27)25-11-9-20(10-12-25)24-15-19-7-8-19;/h4-6,13-14,19-20,24H,7-12,15H2,1-3H3;1H. The van der Waals surface area contributed by atoms with E-state index < -0.39 is 0 Å². The van der Waals surface area contributed by atoms with E-state index in [0.29, 0.717) is 6.04 Å². The molecule has 0 atom stereocenters. The van der Waals surface area contributed by atoms with Crippen LogP contribution < -0.4 is 5.32 Å². The van der Waals surface area contributed by atoms with Crippen LogP contribution in [0.5, 0.6) is 0 Å². The lowest BCUT2D eigenvalue weighted by molar-refractivity contribution is 0.0704. The molecule has 2 heterocycles. The van der Waals surface area contributed by atoms with Crippen LogP contribution in [-0.4, -0.2) is 41.1 Å². The molecule has 0 spiro atoms. The van der Waals surface area contributed by atoms with Crippen molar-refractivity contribution in [3.05, 3.63) is 52.8 Å². The molecule has 28 heavy (non-hydrogen) atoms. The molecule has 4 nitrogen and oxygen atoms in total. The Morgan fingerprint density at radius 2 is 1.79 bits per heavy atom. The molecule has 1 saturated carbocycles. The predicted octanol–water partition coefficient (Wildman–Crippen LogP) is 4.43. The van der Waals surface area contributed by atoms with Crippen LogP contribution in [0.3, 0.4) is 0 Å². The molecule has 0 unspecified atom stereocenters. The highest BCUT2D eigenvalue weighted by atomic mass is 35.5. The van der Waals surface area contributed by atoms with Crippen LogP contribution in [-0.2, 0) is 0 Å². The highest BCUT2D eigenvalue weighted by Gasteiger charge is 2.28. The average Bonchev–Trinajstić information content (AvgIpc) is 3.44. The Bertz CT molecular complexity index is 832. The van der Waals surface area contributed by atoms with Gasteiger partial charge in [-0.05, 0) is 82.7 Å². The second-order valence-electron chi connectivity index (χ2n) is 8.38. The van der Waals surface area contributed by atoms with Crippen LogP contribution in [0.25, 0.3) is 5.69 Å². The van der Waals surface area contributed by atoms with Gasteiger partial charge in [0.15, 0.2) is 0 Å². The van der Waals surface area contributed by atoms with E-state index in [-0.39, 0.29) is 18.3 Å². The summed E-state index contributed by atoms with van der Waals surface area (Å²) in [5, 5.41) is 3.69. The van der Waals surface area contributed by atoms with Crippen LogP contribution in [0.15, 0.2) is 30.3 Å². The van der Waals surface area contributed by atoms with Gasteiger partial charge >= 0.3 is 0 Å². The number of rotatable bonds is 5. The minimum absolute atomic E-state index is 0. The Morgan fingerprint density at radius 3 is 2.43 bits per heavy atom. The maximum absolute atomic E-state index is 13.2. The molecular formula is C23H32ClN3O. The van der Waals surface area contributed by atoms with Crippen molar-refractivity contribution < 1.29 is 4.79 Å². The van der Waals surface area contributed by atoms with E-state index >= 15 is 0 Å². The van der Waals surface area contributed by atoms with E-state index in [9.17, 15) is 4.79 Å². The number of carbonyl (C=O) groups excluding carboxylic acids is 1. The summed E-state index contributed by atoms with van der Waals surface area (Å²) >= 11 is 0. The second-order valence-corrected chi connectivity index (χ2v) is 8.38. The van der Waals surface area contributed by atoms with Crippen LogP contribution >= 0.6 is 12.4 Å². The van der Waals surface area contributed by atoms with E-state index in [2.05, 4.69) is 61.0 Å².